The normalized spacial score (nSPS) is 10.1. The van der Waals surface area contributed by atoms with Crippen LogP contribution in [0.2, 0.25) is 0 Å². The molecule has 0 N–H and O–H groups in total. The molecule has 0 aliphatic rings. The molecular weight excluding hydrogens is 260 g/mol. The molecule has 1 heterocycles. The van der Waals surface area contributed by atoms with Crippen molar-refractivity contribution in [1.29, 1.82) is 0 Å². The second kappa shape index (κ2) is 5.92. The lowest BCUT2D eigenvalue weighted by atomic mass is 10.0. The summed E-state index contributed by atoms with van der Waals surface area (Å²) in [4.78, 5) is 26.4. The first kappa shape index (κ1) is 13.7. The Balaban J connectivity index is 2.62. The van der Waals surface area contributed by atoms with Gasteiger partial charge in [-0.2, -0.15) is 0 Å². The first-order valence-corrected chi connectivity index (χ1v) is 6.00. The Kier molecular flexibility index (Phi) is 4.05. The number of nitrogens with zero attached hydrogens (tertiary/aromatic N) is 2. The fourth-order valence-corrected chi connectivity index (χ4v) is 1.88. The van der Waals surface area contributed by atoms with Crippen molar-refractivity contribution in [3.05, 3.63) is 58.4 Å². The molecule has 1 aromatic heterocycles. The van der Waals surface area contributed by atoms with Crippen LogP contribution in [-0.4, -0.2) is 22.5 Å². The van der Waals surface area contributed by atoms with Crippen molar-refractivity contribution in [3.63, 3.8) is 0 Å². The Morgan fingerprint density at radius 1 is 1.30 bits per heavy atom. The molecule has 0 amide bonds. The van der Waals surface area contributed by atoms with Gasteiger partial charge in [-0.3, -0.25) is 15.1 Å². The largest absolute Gasteiger partial charge is 0.462 e. The molecule has 0 saturated heterocycles. The third-order valence-corrected chi connectivity index (χ3v) is 2.71. The molecule has 0 saturated carbocycles. The van der Waals surface area contributed by atoms with Crippen LogP contribution in [-0.2, 0) is 4.74 Å². The smallest absolute Gasteiger partial charge is 0.345 e. The Hall–Kier alpha value is -2.76. The van der Waals surface area contributed by atoms with E-state index in [1.54, 1.807) is 31.2 Å². The van der Waals surface area contributed by atoms with E-state index in [9.17, 15) is 14.9 Å². The third-order valence-electron chi connectivity index (χ3n) is 2.71. The Morgan fingerprint density at radius 3 is 2.60 bits per heavy atom. The lowest BCUT2D eigenvalue weighted by Crippen LogP contribution is -2.08. The van der Waals surface area contributed by atoms with E-state index in [4.69, 9.17) is 4.74 Å². The second-order valence-corrected chi connectivity index (χ2v) is 3.92. The van der Waals surface area contributed by atoms with E-state index in [0.717, 1.165) is 0 Å². The SMILES string of the molecule is CCOC(=O)c1cccc(-c2ccncc2)c1[N+](=O)[O-]. The summed E-state index contributed by atoms with van der Waals surface area (Å²) < 4.78 is 4.85. The highest BCUT2D eigenvalue weighted by Crippen LogP contribution is 2.32. The Morgan fingerprint density at radius 2 is 2.00 bits per heavy atom. The van der Waals surface area contributed by atoms with E-state index in [-0.39, 0.29) is 17.9 Å². The number of carbonyl (C=O) groups is 1. The number of hydrogen-bond acceptors (Lipinski definition) is 5. The minimum absolute atomic E-state index is 0.0498. The number of nitro groups is 1. The van der Waals surface area contributed by atoms with Crippen LogP contribution in [0, 0.1) is 10.1 Å². The van der Waals surface area contributed by atoms with Gasteiger partial charge in [0, 0.05) is 12.4 Å². The number of benzene rings is 1. The molecule has 102 valence electrons. The fourth-order valence-electron chi connectivity index (χ4n) is 1.88. The highest BCUT2D eigenvalue weighted by molar-refractivity contribution is 5.97. The molecule has 0 bridgehead atoms. The number of esters is 1. The number of para-hydroxylation sites is 1. The first-order valence-electron chi connectivity index (χ1n) is 6.00. The minimum atomic E-state index is -0.699. The number of rotatable bonds is 4. The molecule has 0 aliphatic heterocycles. The number of hydrogen-bond donors (Lipinski definition) is 0. The maximum Gasteiger partial charge on any atom is 0.345 e. The summed E-state index contributed by atoms with van der Waals surface area (Å²) in [5.74, 6) is -0.699. The van der Waals surface area contributed by atoms with Crippen molar-refractivity contribution in [2.24, 2.45) is 0 Å². The second-order valence-electron chi connectivity index (χ2n) is 3.92. The minimum Gasteiger partial charge on any atom is -0.462 e. The fraction of sp³-hybridized carbons (Fsp3) is 0.143. The summed E-state index contributed by atoms with van der Waals surface area (Å²) in [6.45, 7) is 1.81. The zero-order chi connectivity index (χ0) is 14.5. The average molecular weight is 272 g/mol. The molecule has 0 aliphatic carbocycles. The van der Waals surface area contributed by atoms with Crippen LogP contribution in [0.3, 0.4) is 0 Å². The molecule has 0 unspecified atom stereocenters. The van der Waals surface area contributed by atoms with Crippen molar-refractivity contribution in [1.82, 2.24) is 4.98 Å². The molecular formula is C14H12N2O4. The quantitative estimate of drug-likeness (QED) is 0.485. The van der Waals surface area contributed by atoms with E-state index in [2.05, 4.69) is 4.98 Å². The van der Waals surface area contributed by atoms with Crippen LogP contribution in [0.15, 0.2) is 42.7 Å². The number of carbonyl (C=O) groups excluding carboxylic acids is 1. The first-order chi connectivity index (χ1) is 9.65. The van der Waals surface area contributed by atoms with Crippen molar-refractivity contribution in [2.75, 3.05) is 6.61 Å². The Labute approximate surface area is 115 Å². The predicted molar refractivity (Wildman–Crippen MR) is 72.3 cm³/mol. The molecule has 6 heteroatoms. The van der Waals surface area contributed by atoms with Crippen LogP contribution in [0.25, 0.3) is 11.1 Å². The van der Waals surface area contributed by atoms with Crippen LogP contribution < -0.4 is 0 Å². The summed E-state index contributed by atoms with van der Waals surface area (Å²) in [6, 6.07) is 7.88. The molecule has 20 heavy (non-hydrogen) atoms. The van der Waals surface area contributed by atoms with Crippen molar-refractivity contribution in [2.45, 2.75) is 6.92 Å². The summed E-state index contributed by atoms with van der Waals surface area (Å²) in [5, 5.41) is 11.3. The molecule has 6 nitrogen and oxygen atoms in total. The lowest BCUT2D eigenvalue weighted by molar-refractivity contribution is -0.384. The van der Waals surface area contributed by atoms with Gasteiger partial charge in [0.1, 0.15) is 5.56 Å². The summed E-state index contributed by atoms with van der Waals surface area (Å²) in [6.07, 6.45) is 3.08. The molecule has 2 aromatic rings. The van der Waals surface area contributed by atoms with Gasteiger partial charge in [0.15, 0.2) is 0 Å². The summed E-state index contributed by atoms with van der Waals surface area (Å²) in [7, 11) is 0. The van der Waals surface area contributed by atoms with E-state index in [0.29, 0.717) is 11.1 Å². The van der Waals surface area contributed by atoms with E-state index >= 15 is 0 Å². The van der Waals surface area contributed by atoms with Crippen LogP contribution in [0.5, 0.6) is 0 Å². The molecule has 0 radical (unpaired) electrons. The lowest BCUT2D eigenvalue weighted by Gasteiger charge is -2.07. The van der Waals surface area contributed by atoms with Gasteiger partial charge in [-0.1, -0.05) is 6.07 Å². The van der Waals surface area contributed by atoms with Crippen molar-refractivity contribution < 1.29 is 14.5 Å². The molecule has 0 atom stereocenters. The number of pyridine rings is 1. The number of ether oxygens (including phenoxy) is 1. The predicted octanol–water partition coefficient (Wildman–Crippen LogP) is 2.83. The van der Waals surface area contributed by atoms with E-state index in [1.807, 2.05) is 0 Å². The molecule has 2 rings (SSSR count). The van der Waals surface area contributed by atoms with E-state index in [1.165, 1.54) is 18.5 Å². The topological polar surface area (TPSA) is 82.3 Å². The molecule has 1 aromatic carbocycles. The highest BCUT2D eigenvalue weighted by atomic mass is 16.6. The standard InChI is InChI=1S/C14H12N2O4/c1-2-20-14(17)12-5-3-4-11(13(12)16(18)19)10-6-8-15-9-7-10/h3-9H,2H2,1H3. The zero-order valence-electron chi connectivity index (χ0n) is 10.8. The van der Waals surface area contributed by atoms with Crippen molar-refractivity contribution in [3.8, 4) is 11.1 Å². The zero-order valence-corrected chi connectivity index (χ0v) is 10.8. The van der Waals surface area contributed by atoms with Gasteiger partial charge in [0.25, 0.3) is 5.69 Å². The third kappa shape index (κ3) is 2.64. The van der Waals surface area contributed by atoms with Gasteiger partial charge < -0.3 is 4.74 Å². The summed E-state index contributed by atoms with van der Waals surface area (Å²) >= 11 is 0. The number of aromatic nitrogens is 1. The van der Waals surface area contributed by atoms with Crippen LogP contribution in [0.4, 0.5) is 5.69 Å². The van der Waals surface area contributed by atoms with E-state index < -0.39 is 10.9 Å². The number of nitro benzene ring substituents is 1. The van der Waals surface area contributed by atoms with Gasteiger partial charge in [-0.25, -0.2) is 4.79 Å². The Bertz CT molecular complexity index is 641. The monoisotopic (exact) mass is 272 g/mol. The van der Waals surface area contributed by atoms with Crippen LogP contribution in [0.1, 0.15) is 17.3 Å². The maximum absolute atomic E-state index is 11.8. The van der Waals surface area contributed by atoms with Gasteiger partial charge in [-0.15, -0.1) is 0 Å². The molecule has 0 spiro atoms. The summed E-state index contributed by atoms with van der Waals surface area (Å²) in [5.41, 5.74) is 0.684. The highest BCUT2D eigenvalue weighted by Gasteiger charge is 2.25. The van der Waals surface area contributed by atoms with Gasteiger partial charge in [-0.05, 0) is 36.8 Å². The van der Waals surface area contributed by atoms with Gasteiger partial charge in [0.05, 0.1) is 17.1 Å². The van der Waals surface area contributed by atoms with Crippen LogP contribution >= 0.6 is 0 Å². The maximum atomic E-state index is 11.8. The van der Waals surface area contributed by atoms with Gasteiger partial charge >= 0.3 is 5.97 Å². The molecule has 0 fully saturated rings. The van der Waals surface area contributed by atoms with Crippen molar-refractivity contribution >= 4 is 11.7 Å². The van der Waals surface area contributed by atoms with Gasteiger partial charge in [0.2, 0.25) is 0 Å². The average Bonchev–Trinajstić information content (AvgIpc) is 2.47.